The number of halogens is 2. The summed E-state index contributed by atoms with van der Waals surface area (Å²) in [5.41, 5.74) is 1.13. The molecule has 1 fully saturated rings. The minimum atomic E-state index is -0.614. The molecule has 4 rings (SSSR count). The molecule has 0 saturated carbocycles. The largest absolute Gasteiger partial charge is 0.493 e. The highest BCUT2D eigenvalue weighted by Gasteiger charge is 2.37. The van der Waals surface area contributed by atoms with Crippen molar-refractivity contribution in [2.75, 3.05) is 26.7 Å². The number of hydrogen-bond acceptors (Lipinski definition) is 5. The van der Waals surface area contributed by atoms with Gasteiger partial charge in [0.05, 0.1) is 12.1 Å². The van der Waals surface area contributed by atoms with Crippen LogP contribution in [0.4, 0.5) is 9.18 Å². The SMILES string of the molecule is CN(CCCOc1ccc(-c2n[nH]c3cc(Br)ccc23)c(F)c1)C(=O)[C@@H]1CCCN1C(=O)OC(C)(C)C. The van der Waals surface area contributed by atoms with Crippen LogP contribution < -0.4 is 4.74 Å². The van der Waals surface area contributed by atoms with Gasteiger partial charge in [-0.15, -0.1) is 0 Å². The maximum Gasteiger partial charge on any atom is 0.410 e. The molecule has 37 heavy (non-hydrogen) atoms. The average Bonchev–Trinajstić information content (AvgIpc) is 3.47. The standard InChI is InChI=1S/C27H32BrFN4O4/c1-27(2,3)37-26(35)33-13-5-7-23(33)25(34)32(4)12-6-14-36-18-9-11-19(21(29)16-18)24-20-10-8-17(28)15-22(20)30-31-24/h8-11,15-16,23H,5-7,12-14H2,1-4H3,(H,30,31)/t23-/m0/s1. The molecule has 1 aliphatic heterocycles. The molecule has 10 heteroatoms. The normalized spacial score (nSPS) is 15.7. The summed E-state index contributed by atoms with van der Waals surface area (Å²) in [6, 6.07) is 9.87. The van der Waals surface area contributed by atoms with Crippen molar-refractivity contribution in [3.63, 3.8) is 0 Å². The van der Waals surface area contributed by atoms with Crippen LogP contribution in [-0.2, 0) is 9.53 Å². The summed E-state index contributed by atoms with van der Waals surface area (Å²) < 4.78 is 27.0. The number of fused-ring (bicyclic) bond motifs is 1. The monoisotopic (exact) mass is 574 g/mol. The van der Waals surface area contributed by atoms with E-state index in [0.717, 1.165) is 21.8 Å². The number of aromatic nitrogens is 2. The summed E-state index contributed by atoms with van der Waals surface area (Å²) in [7, 11) is 1.72. The van der Waals surface area contributed by atoms with Gasteiger partial charge >= 0.3 is 6.09 Å². The number of amides is 2. The summed E-state index contributed by atoms with van der Waals surface area (Å²) in [6.07, 6.45) is 1.48. The average molecular weight is 575 g/mol. The van der Waals surface area contributed by atoms with Gasteiger partial charge in [0, 0.05) is 41.6 Å². The lowest BCUT2D eigenvalue weighted by molar-refractivity contribution is -0.134. The molecule has 0 spiro atoms. The van der Waals surface area contributed by atoms with Gasteiger partial charge < -0.3 is 14.4 Å². The van der Waals surface area contributed by atoms with Gasteiger partial charge in [0.1, 0.15) is 28.9 Å². The zero-order valence-corrected chi connectivity index (χ0v) is 23.1. The molecule has 1 saturated heterocycles. The van der Waals surface area contributed by atoms with E-state index in [1.54, 1.807) is 24.1 Å². The molecule has 2 heterocycles. The van der Waals surface area contributed by atoms with Gasteiger partial charge in [0.25, 0.3) is 0 Å². The molecule has 0 aliphatic carbocycles. The number of aromatic amines is 1. The number of ether oxygens (including phenoxy) is 2. The summed E-state index contributed by atoms with van der Waals surface area (Å²) in [5.74, 6) is -0.133. The molecule has 1 aromatic heterocycles. The lowest BCUT2D eigenvalue weighted by atomic mass is 10.1. The van der Waals surface area contributed by atoms with E-state index in [1.165, 1.54) is 11.0 Å². The lowest BCUT2D eigenvalue weighted by Gasteiger charge is -2.30. The summed E-state index contributed by atoms with van der Waals surface area (Å²) in [5, 5.41) is 8.04. The number of rotatable bonds is 7. The lowest BCUT2D eigenvalue weighted by Crippen LogP contribution is -2.48. The number of likely N-dealkylation sites (tertiary alicyclic amines) is 1. The molecule has 8 nitrogen and oxygen atoms in total. The number of H-pyrrole nitrogens is 1. The van der Waals surface area contributed by atoms with Crippen molar-refractivity contribution >= 4 is 38.8 Å². The summed E-state index contributed by atoms with van der Waals surface area (Å²) >= 11 is 3.42. The van der Waals surface area contributed by atoms with Crippen LogP contribution in [0.25, 0.3) is 22.2 Å². The van der Waals surface area contributed by atoms with Gasteiger partial charge in [-0.1, -0.05) is 15.9 Å². The van der Waals surface area contributed by atoms with E-state index >= 15 is 0 Å². The van der Waals surface area contributed by atoms with E-state index in [9.17, 15) is 14.0 Å². The second-order valence-corrected chi connectivity index (χ2v) is 11.1. The van der Waals surface area contributed by atoms with Crippen molar-refractivity contribution in [2.45, 2.75) is 51.7 Å². The number of nitrogens with one attached hydrogen (secondary N) is 1. The Kier molecular flexibility index (Phi) is 8.06. The second-order valence-electron chi connectivity index (χ2n) is 10.2. The van der Waals surface area contributed by atoms with E-state index in [1.807, 2.05) is 39.0 Å². The fraction of sp³-hybridized carbons (Fsp3) is 0.444. The van der Waals surface area contributed by atoms with Crippen LogP contribution in [0.1, 0.15) is 40.0 Å². The van der Waals surface area contributed by atoms with Crippen LogP contribution in [0.15, 0.2) is 40.9 Å². The van der Waals surface area contributed by atoms with Crippen LogP contribution >= 0.6 is 15.9 Å². The first-order valence-corrected chi connectivity index (χ1v) is 13.1. The quantitative estimate of drug-likeness (QED) is 0.362. The first-order chi connectivity index (χ1) is 17.5. The van der Waals surface area contributed by atoms with Crippen molar-refractivity contribution in [1.82, 2.24) is 20.0 Å². The van der Waals surface area contributed by atoms with Gasteiger partial charge in [0.15, 0.2) is 0 Å². The van der Waals surface area contributed by atoms with Gasteiger partial charge in [0.2, 0.25) is 5.91 Å². The molecule has 1 atom stereocenters. The minimum Gasteiger partial charge on any atom is -0.493 e. The number of benzene rings is 2. The van der Waals surface area contributed by atoms with Gasteiger partial charge in [-0.2, -0.15) is 5.10 Å². The molecular formula is C27H32BrFN4O4. The molecule has 0 radical (unpaired) electrons. The molecule has 198 valence electrons. The van der Waals surface area contributed by atoms with Crippen molar-refractivity contribution in [3.05, 3.63) is 46.7 Å². The molecule has 2 aromatic carbocycles. The Labute approximate surface area is 224 Å². The number of nitrogens with zero attached hydrogens (tertiary/aromatic N) is 3. The molecule has 0 bridgehead atoms. The summed E-state index contributed by atoms with van der Waals surface area (Å²) in [6.45, 7) is 6.70. The van der Waals surface area contributed by atoms with Crippen molar-refractivity contribution in [1.29, 1.82) is 0 Å². The molecule has 0 unspecified atom stereocenters. The molecular weight excluding hydrogens is 543 g/mol. The molecule has 1 aliphatic rings. The minimum absolute atomic E-state index is 0.114. The maximum atomic E-state index is 14.9. The van der Waals surface area contributed by atoms with Crippen LogP contribution in [0, 0.1) is 5.82 Å². The van der Waals surface area contributed by atoms with Gasteiger partial charge in [-0.25, -0.2) is 9.18 Å². The summed E-state index contributed by atoms with van der Waals surface area (Å²) in [4.78, 5) is 28.6. The van der Waals surface area contributed by atoms with Crippen LogP contribution in [0.5, 0.6) is 5.75 Å². The van der Waals surface area contributed by atoms with Crippen LogP contribution in [0.2, 0.25) is 0 Å². The van der Waals surface area contributed by atoms with E-state index in [2.05, 4.69) is 26.1 Å². The van der Waals surface area contributed by atoms with Crippen molar-refractivity contribution in [2.24, 2.45) is 0 Å². The molecule has 3 aromatic rings. The third-order valence-corrected chi connectivity index (χ3v) is 6.66. The third-order valence-electron chi connectivity index (χ3n) is 6.17. The number of likely N-dealkylation sites (N-methyl/N-ethyl adjacent to an activating group) is 1. The highest BCUT2D eigenvalue weighted by molar-refractivity contribution is 9.10. The first kappa shape index (κ1) is 26.9. The van der Waals surface area contributed by atoms with E-state index in [0.29, 0.717) is 49.5 Å². The second kappa shape index (κ2) is 11.1. The Morgan fingerprint density at radius 1 is 1.24 bits per heavy atom. The Morgan fingerprint density at radius 2 is 2.03 bits per heavy atom. The fourth-order valence-electron chi connectivity index (χ4n) is 4.39. The Hall–Kier alpha value is -3.14. The van der Waals surface area contributed by atoms with E-state index in [-0.39, 0.29) is 5.91 Å². The van der Waals surface area contributed by atoms with E-state index < -0.39 is 23.6 Å². The molecule has 1 N–H and O–H groups in total. The predicted molar refractivity (Wildman–Crippen MR) is 143 cm³/mol. The Balaban J connectivity index is 1.29. The number of hydrogen-bond donors (Lipinski definition) is 1. The fourth-order valence-corrected chi connectivity index (χ4v) is 4.75. The first-order valence-electron chi connectivity index (χ1n) is 12.3. The zero-order valence-electron chi connectivity index (χ0n) is 21.5. The number of carbonyl (C=O) groups is 2. The highest BCUT2D eigenvalue weighted by atomic mass is 79.9. The van der Waals surface area contributed by atoms with Gasteiger partial charge in [-0.3, -0.25) is 14.8 Å². The van der Waals surface area contributed by atoms with Crippen molar-refractivity contribution in [3.8, 4) is 17.0 Å². The smallest absolute Gasteiger partial charge is 0.410 e. The molecule has 2 amide bonds. The van der Waals surface area contributed by atoms with Gasteiger partial charge in [-0.05, 0) is 70.4 Å². The van der Waals surface area contributed by atoms with Crippen LogP contribution in [0.3, 0.4) is 0 Å². The third kappa shape index (κ3) is 6.41. The van der Waals surface area contributed by atoms with Crippen LogP contribution in [-0.4, -0.2) is 70.4 Å². The maximum absolute atomic E-state index is 14.9. The highest BCUT2D eigenvalue weighted by Crippen LogP contribution is 2.31. The van der Waals surface area contributed by atoms with E-state index in [4.69, 9.17) is 9.47 Å². The Morgan fingerprint density at radius 3 is 2.76 bits per heavy atom. The Bertz CT molecular complexity index is 1290. The zero-order chi connectivity index (χ0) is 26.7. The predicted octanol–water partition coefficient (Wildman–Crippen LogP) is 5.76. The topological polar surface area (TPSA) is 87.8 Å². The van der Waals surface area contributed by atoms with Crippen molar-refractivity contribution < 1.29 is 23.5 Å². The number of carbonyl (C=O) groups excluding carboxylic acids is 2.